The Morgan fingerprint density at radius 1 is 1.27 bits per heavy atom. The van der Waals surface area contributed by atoms with Crippen LogP contribution in [0.5, 0.6) is 11.5 Å². The number of ether oxygens (including phenoxy) is 2. The summed E-state index contributed by atoms with van der Waals surface area (Å²) in [6.07, 6.45) is 4.12. The van der Waals surface area contributed by atoms with Gasteiger partial charge in [-0.3, -0.25) is 4.79 Å². The van der Waals surface area contributed by atoms with Gasteiger partial charge in [-0.2, -0.15) is 4.39 Å². The number of ketones is 1. The van der Waals surface area contributed by atoms with Gasteiger partial charge in [0.2, 0.25) is 5.75 Å². The number of benzene rings is 1. The number of carbonyl (C=O) groups excluding carboxylic acids is 1. The number of carbonyl (C=O) groups is 1. The number of rotatable bonds is 0. The highest BCUT2D eigenvalue weighted by Gasteiger charge is 2.36. The van der Waals surface area contributed by atoms with E-state index in [1.165, 1.54) is 31.2 Å². The van der Waals surface area contributed by atoms with Crippen molar-refractivity contribution >= 4 is 5.78 Å². The number of likely N-dealkylation sites (tertiary alicyclic amines) is 1. The molecule has 1 saturated carbocycles. The summed E-state index contributed by atoms with van der Waals surface area (Å²) < 4.78 is 33.8. The molecular formula is C16H19F2NO3. The number of hydrogen-bond acceptors (Lipinski definition) is 4. The predicted octanol–water partition coefficient (Wildman–Crippen LogP) is 2.91. The summed E-state index contributed by atoms with van der Waals surface area (Å²) in [4.78, 5) is 13.5. The van der Waals surface area contributed by atoms with E-state index in [0.717, 1.165) is 25.2 Å². The molecule has 2 fully saturated rings. The molecular weight excluding hydrogens is 292 g/mol. The average molecular weight is 311 g/mol. The van der Waals surface area contributed by atoms with E-state index in [1.807, 2.05) is 0 Å². The van der Waals surface area contributed by atoms with Gasteiger partial charge in [0.15, 0.2) is 11.6 Å². The quantitative estimate of drug-likeness (QED) is 0.738. The summed E-state index contributed by atoms with van der Waals surface area (Å²) in [6.45, 7) is -0.676. The van der Waals surface area contributed by atoms with Gasteiger partial charge in [0.25, 0.3) is 0 Å². The molecule has 2 heterocycles. The van der Waals surface area contributed by atoms with Gasteiger partial charge < -0.3 is 14.4 Å². The maximum absolute atomic E-state index is 12.7. The fourth-order valence-corrected chi connectivity index (χ4v) is 3.34. The molecule has 2 aliphatic heterocycles. The smallest absolute Gasteiger partial charge is 0.397 e. The lowest BCUT2D eigenvalue weighted by atomic mass is 9.84. The lowest BCUT2D eigenvalue weighted by Crippen LogP contribution is -2.35. The van der Waals surface area contributed by atoms with Crippen molar-refractivity contribution in [3.05, 3.63) is 24.0 Å². The van der Waals surface area contributed by atoms with Crippen LogP contribution in [0.4, 0.5) is 8.78 Å². The van der Waals surface area contributed by atoms with E-state index in [2.05, 4.69) is 21.4 Å². The first-order chi connectivity index (χ1) is 10.5. The molecule has 1 saturated heterocycles. The van der Waals surface area contributed by atoms with E-state index >= 15 is 0 Å². The zero-order chi connectivity index (χ0) is 15.7. The average Bonchev–Trinajstić information content (AvgIpc) is 3.04. The van der Waals surface area contributed by atoms with Gasteiger partial charge in [0, 0.05) is 18.9 Å². The van der Waals surface area contributed by atoms with Crippen LogP contribution in [0.25, 0.3) is 0 Å². The van der Waals surface area contributed by atoms with Crippen LogP contribution in [-0.4, -0.2) is 36.9 Å². The number of hydrogen-bond donors (Lipinski definition) is 0. The first kappa shape index (κ1) is 15.2. The Kier molecular flexibility index (Phi) is 4.29. The molecule has 0 bridgehead atoms. The molecule has 4 rings (SSSR count). The minimum atomic E-state index is -1.87. The molecule has 4 nitrogen and oxygen atoms in total. The zero-order valence-electron chi connectivity index (χ0n) is 12.4. The molecule has 1 aliphatic carbocycles. The van der Waals surface area contributed by atoms with E-state index in [0.29, 0.717) is 11.8 Å². The van der Waals surface area contributed by atoms with Crippen molar-refractivity contribution in [2.24, 2.45) is 5.92 Å². The van der Waals surface area contributed by atoms with Crippen LogP contribution < -0.4 is 9.47 Å². The van der Waals surface area contributed by atoms with Crippen LogP contribution in [0.1, 0.15) is 25.7 Å². The molecule has 1 aromatic carbocycles. The van der Waals surface area contributed by atoms with Crippen molar-refractivity contribution in [1.82, 2.24) is 4.90 Å². The van der Waals surface area contributed by atoms with Crippen molar-refractivity contribution in [3.8, 4) is 11.5 Å². The van der Waals surface area contributed by atoms with Crippen LogP contribution in [0, 0.1) is 11.7 Å². The Bertz CT molecular complexity index is 566. The normalized spacial score (nSPS) is 29.8. The number of alkyl halides is 1. The van der Waals surface area contributed by atoms with Crippen LogP contribution in [0.2, 0.25) is 0 Å². The highest BCUT2D eigenvalue weighted by Crippen LogP contribution is 2.36. The van der Waals surface area contributed by atoms with E-state index in [9.17, 15) is 13.6 Å². The zero-order valence-corrected chi connectivity index (χ0v) is 12.4. The largest absolute Gasteiger partial charge is 0.425 e. The summed E-state index contributed by atoms with van der Waals surface area (Å²) in [5.74, 6) is 0.651. The summed E-state index contributed by atoms with van der Waals surface area (Å²) in [6, 6.07) is 4.64. The number of nitrogens with zero attached hydrogens (tertiary/aromatic N) is 1. The second-order valence-electron chi connectivity index (χ2n) is 5.96. The Hall–Kier alpha value is -1.69. The Morgan fingerprint density at radius 3 is 2.86 bits per heavy atom. The highest BCUT2D eigenvalue weighted by atomic mass is 19.2. The van der Waals surface area contributed by atoms with Gasteiger partial charge in [-0.1, -0.05) is 6.07 Å². The van der Waals surface area contributed by atoms with Crippen LogP contribution in [0.3, 0.4) is 0 Å². The van der Waals surface area contributed by atoms with Crippen molar-refractivity contribution in [2.45, 2.75) is 38.3 Å². The molecule has 0 aromatic heterocycles. The Balaban J connectivity index is 0.000000131. The SMILES string of the molecule is CN1CCC2CCC(=O)CC21.Fc1cccc2c1OC(F)O2. The monoisotopic (exact) mass is 311 g/mol. The van der Waals surface area contributed by atoms with E-state index < -0.39 is 12.4 Å². The van der Waals surface area contributed by atoms with Gasteiger partial charge in [0.1, 0.15) is 5.78 Å². The molecule has 0 spiro atoms. The number of para-hydroxylation sites is 1. The predicted molar refractivity (Wildman–Crippen MR) is 75.9 cm³/mol. The van der Waals surface area contributed by atoms with Gasteiger partial charge in [0.05, 0.1) is 0 Å². The minimum absolute atomic E-state index is 0.109. The minimum Gasteiger partial charge on any atom is -0.425 e. The lowest BCUT2D eigenvalue weighted by Gasteiger charge is -2.28. The number of halogens is 2. The third-order valence-corrected chi connectivity index (χ3v) is 4.55. The van der Waals surface area contributed by atoms with E-state index in [4.69, 9.17) is 0 Å². The fraction of sp³-hybridized carbons (Fsp3) is 0.562. The molecule has 120 valence electrons. The summed E-state index contributed by atoms with van der Waals surface area (Å²) in [5.41, 5.74) is 0. The third-order valence-electron chi connectivity index (χ3n) is 4.55. The molecule has 22 heavy (non-hydrogen) atoms. The lowest BCUT2D eigenvalue weighted by molar-refractivity contribution is -0.122. The highest BCUT2D eigenvalue weighted by molar-refractivity contribution is 5.80. The fourth-order valence-electron chi connectivity index (χ4n) is 3.34. The molecule has 3 unspecified atom stereocenters. The molecule has 0 radical (unpaired) electrons. The maximum Gasteiger partial charge on any atom is 0.397 e. The van der Waals surface area contributed by atoms with Gasteiger partial charge in [-0.05, 0) is 44.5 Å². The second-order valence-corrected chi connectivity index (χ2v) is 5.96. The molecule has 3 aliphatic rings. The summed E-state index contributed by atoms with van der Waals surface area (Å²) >= 11 is 0. The molecule has 0 N–H and O–H groups in total. The number of Topliss-reactive ketones (excluding diaryl/α,β-unsaturated/α-hetero) is 1. The van der Waals surface area contributed by atoms with Crippen molar-refractivity contribution in [3.63, 3.8) is 0 Å². The molecule has 1 aromatic rings. The third kappa shape index (κ3) is 3.06. The van der Waals surface area contributed by atoms with Crippen LogP contribution >= 0.6 is 0 Å². The van der Waals surface area contributed by atoms with Crippen LogP contribution in [-0.2, 0) is 4.79 Å². The Labute approximate surface area is 128 Å². The standard InChI is InChI=1S/C9H15NO.C7H4F2O2/c1-10-5-4-7-2-3-8(11)6-9(7)10;8-4-2-1-3-5-6(4)11-7(9)10-5/h7,9H,2-6H2,1H3;1-3,7H. The first-order valence-electron chi connectivity index (χ1n) is 7.52. The molecule has 0 amide bonds. The van der Waals surface area contributed by atoms with E-state index in [-0.39, 0.29) is 11.5 Å². The van der Waals surface area contributed by atoms with Gasteiger partial charge >= 0.3 is 6.54 Å². The number of fused-ring (bicyclic) bond motifs is 2. The molecule has 3 atom stereocenters. The van der Waals surface area contributed by atoms with E-state index in [1.54, 1.807) is 0 Å². The van der Waals surface area contributed by atoms with Crippen molar-refractivity contribution in [2.75, 3.05) is 13.6 Å². The van der Waals surface area contributed by atoms with Crippen molar-refractivity contribution < 1.29 is 23.0 Å². The second kappa shape index (κ2) is 6.20. The summed E-state index contributed by atoms with van der Waals surface area (Å²) in [5, 5.41) is 0. The van der Waals surface area contributed by atoms with Gasteiger partial charge in [-0.15, -0.1) is 0 Å². The van der Waals surface area contributed by atoms with Crippen molar-refractivity contribution in [1.29, 1.82) is 0 Å². The maximum atomic E-state index is 12.7. The Morgan fingerprint density at radius 2 is 2.09 bits per heavy atom. The first-order valence-corrected chi connectivity index (χ1v) is 7.52. The summed E-state index contributed by atoms with van der Waals surface area (Å²) in [7, 11) is 2.14. The topological polar surface area (TPSA) is 38.8 Å². The molecule has 6 heteroatoms. The van der Waals surface area contributed by atoms with Crippen LogP contribution in [0.15, 0.2) is 18.2 Å². The van der Waals surface area contributed by atoms with Gasteiger partial charge in [-0.25, -0.2) is 4.39 Å².